The number of amides is 3. The number of rotatable bonds is 10. The Hall–Kier alpha value is -4.45. The molecule has 1 aliphatic heterocycles. The van der Waals surface area contributed by atoms with Crippen LogP contribution in [0.5, 0.6) is 5.75 Å². The molecule has 1 heterocycles. The molecule has 224 valence electrons. The predicted molar refractivity (Wildman–Crippen MR) is 157 cm³/mol. The number of halogens is 3. The van der Waals surface area contributed by atoms with Crippen LogP contribution >= 0.6 is 0 Å². The summed E-state index contributed by atoms with van der Waals surface area (Å²) >= 11 is 0. The maximum Gasteiger partial charge on any atom is 0.418 e. The average Bonchev–Trinajstić information content (AvgIpc) is 2.99. The summed E-state index contributed by atoms with van der Waals surface area (Å²) in [5.41, 5.74) is 0.949. The van der Waals surface area contributed by atoms with E-state index < -0.39 is 17.8 Å². The summed E-state index contributed by atoms with van der Waals surface area (Å²) in [6, 6.07) is 16.5. The van der Waals surface area contributed by atoms with Crippen LogP contribution in [0, 0.1) is 0 Å². The number of benzene rings is 3. The predicted octanol–water partition coefficient (Wildman–Crippen LogP) is 5.45. The van der Waals surface area contributed by atoms with Crippen molar-refractivity contribution in [2.45, 2.75) is 12.6 Å². The summed E-state index contributed by atoms with van der Waals surface area (Å²) < 4.78 is 50.6. The second-order valence-corrected chi connectivity index (χ2v) is 9.60. The van der Waals surface area contributed by atoms with Gasteiger partial charge in [-0.1, -0.05) is 24.3 Å². The topological polar surface area (TPSA) is 95.2 Å². The molecule has 1 aliphatic rings. The number of carbonyl (C=O) groups is 2. The van der Waals surface area contributed by atoms with Crippen LogP contribution in [0.3, 0.4) is 0 Å². The summed E-state index contributed by atoms with van der Waals surface area (Å²) in [6.45, 7) is 3.51. The zero-order valence-electron chi connectivity index (χ0n) is 23.5. The van der Waals surface area contributed by atoms with E-state index in [4.69, 9.17) is 9.47 Å². The lowest BCUT2D eigenvalue weighted by atomic mass is 10.1. The Morgan fingerprint density at radius 1 is 0.857 bits per heavy atom. The largest absolute Gasteiger partial charge is 0.495 e. The second kappa shape index (κ2) is 13.9. The molecule has 0 saturated carbocycles. The van der Waals surface area contributed by atoms with E-state index in [1.807, 2.05) is 24.3 Å². The standard InChI is InChI=1S/C30H34F3N5O4/c1-41-19-7-14-34-28(39)22-20-21(35-29(40)36-24-9-4-3-8-23(24)30(31,32)33)12-13-25(22)37-15-17-38(18-16-37)26-10-5-6-11-27(26)42-2/h3-6,8-13,20H,7,14-19H2,1-2H3,(H,34,39)(H2,35,36,40). The fraction of sp³-hybridized carbons (Fsp3) is 0.333. The normalized spacial score (nSPS) is 13.5. The lowest BCUT2D eigenvalue weighted by Crippen LogP contribution is -2.47. The number of hydrogen-bond acceptors (Lipinski definition) is 6. The van der Waals surface area contributed by atoms with E-state index in [2.05, 4.69) is 25.8 Å². The highest BCUT2D eigenvalue weighted by Crippen LogP contribution is 2.35. The van der Waals surface area contributed by atoms with Crippen LogP contribution in [0.1, 0.15) is 22.3 Å². The van der Waals surface area contributed by atoms with Crippen molar-refractivity contribution in [3.05, 3.63) is 77.9 Å². The Morgan fingerprint density at radius 3 is 2.21 bits per heavy atom. The van der Waals surface area contributed by atoms with Gasteiger partial charge >= 0.3 is 12.2 Å². The summed E-state index contributed by atoms with van der Waals surface area (Å²) in [5.74, 6) is 0.452. The number of urea groups is 1. The first kappa shape index (κ1) is 30.5. The van der Waals surface area contributed by atoms with Crippen molar-refractivity contribution in [1.82, 2.24) is 5.32 Å². The molecule has 42 heavy (non-hydrogen) atoms. The van der Waals surface area contributed by atoms with E-state index in [9.17, 15) is 22.8 Å². The molecule has 0 spiro atoms. The molecule has 0 atom stereocenters. The lowest BCUT2D eigenvalue weighted by Gasteiger charge is -2.38. The number of hydrogen-bond donors (Lipinski definition) is 3. The maximum atomic E-state index is 13.4. The van der Waals surface area contributed by atoms with Crippen LogP contribution in [0.25, 0.3) is 0 Å². The van der Waals surface area contributed by atoms with Gasteiger partial charge in [-0.15, -0.1) is 0 Å². The lowest BCUT2D eigenvalue weighted by molar-refractivity contribution is -0.136. The smallest absolute Gasteiger partial charge is 0.418 e. The minimum atomic E-state index is -4.63. The van der Waals surface area contributed by atoms with Crippen LogP contribution in [0.2, 0.25) is 0 Å². The molecule has 1 fully saturated rings. The van der Waals surface area contributed by atoms with E-state index in [-0.39, 0.29) is 17.3 Å². The van der Waals surface area contributed by atoms with E-state index in [0.717, 1.165) is 17.5 Å². The highest BCUT2D eigenvalue weighted by Gasteiger charge is 2.33. The molecular formula is C30H34F3N5O4. The third-order valence-electron chi connectivity index (χ3n) is 6.84. The van der Waals surface area contributed by atoms with Crippen molar-refractivity contribution >= 4 is 34.7 Å². The number of carbonyl (C=O) groups excluding carboxylic acids is 2. The van der Waals surface area contributed by atoms with Crippen molar-refractivity contribution in [3.8, 4) is 5.75 Å². The molecule has 0 unspecified atom stereocenters. The van der Waals surface area contributed by atoms with Crippen molar-refractivity contribution in [2.24, 2.45) is 0 Å². The van der Waals surface area contributed by atoms with E-state index in [1.54, 1.807) is 26.4 Å². The van der Waals surface area contributed by atoms with Crippen molar-refractivity contribution < 1.29 is 32.2 Å². The van der Waals surface area contributed by atoms with Crippen LogP contribution in [0.4, 0.5) is 40.7 Å². The molecule has 3 aromatic rings. The number of anilines is 4. The second-order valence-electron chi connectivity index (χ2n) is 9.60. The first-order valence-electron chi connectivity index (χ1n) is 13.5. The Kier molecular flexibility index (Phi) is 10.1. The zero-order valence-corrected chi connectivity index (χ0v) is 23.5. The quantitative estimate of drug-likeness (QED) is 0.274. The zero-order chi connectivity index (χ0) is 30.1. The number of alkyl halides is 3. The number of para-hydroxylation sites is 3. The fourth-order valence-electron chi connectivity index (χ4n) is 4.79. The molecular weight excluding hydrogens is 551 g/mol. The van der Waals surface area contributed by atoms with Crippen LogP contribution in [-0.2, 0) is 10.9 Å². The number of ether oxygens (including phenoxy) is 2. The molecule has 4 rings (SSSR count). The van der Waals surface area contributed by atoms with Gasteiger partial charge < -0.3 is 35.2 Å². The number of nitrogens with one attached hydrogen (secondary N) is 3. The van der Waals surface area contributed by atoms with Crippen LogP contribution in [-0.4, -0.2) is 65.5 Å². The summed E-state index contributed by atoms with van der Waals surface area (Å²) in [7, 11) is 3.22. The van der Waals surface area contributed by atoms with Gasteiger partial charge in [-0.25, -0.2) is 4.79 Å². The van der Waals surface area contributed by atoms with Crippen molar-refractivity contribution in [1.29, 1.82) is 0 Å². The summed E-state index contributed by atoms with van der Waals surface area (Å²) in [6.07, 6.45) is -4.01. The van der Waals surface area contributed by atoms with E-state index >= 15 is 0 Å². The highest BCUT2D eigenvalue weighted by atomic mass is 19.4. The third-order valence-corrected chi connectivity index (χ3v) is 6.84. The van der Waals surface area contributed by atoms with Crippen LogP contribution in [0.15, 0.2) is 66.7 Å². The van der Waals surface area contributed by atoms with Gasteiger partial charge in [0.1, 0.15) is 5.75 Å². The number of methoxy groups -OCH3 is 2. The Morgan fingerprint density at radius 2 is 1.52 bits per heavy atom. The molecule has 1 saturated heterocycles. The van der Waals surface area contributed by atoms with Gasteiger partial charge in [0.25, 0.3) is 5.91 Å². The molecule has 0 radical (unpaired) electrons. The summed E-state index contributed by atoms with van der Waals surface area (Å²) in [4.78, 5) is 30.2. The number of nitrogens with zero attached hydrogens (tertiary/aromatic N) is 2. The minimum Gasteiger partial charge on any atom is -0.495 e. The van der Waals surface area contributed by atoms with Crippen LogP contribution < -0.4 is 30.5 Å². The molecule has 0 aliphatic carbocycles. The first-order chi connectivity index (χ1) is 20.2. The molecule has 12 heteroatoms. The van der Waals surface area contributed by atoms with Gasteiger partial charge in [-0.3, -0.25) is 4.79 Å². The minimum absolute atomic E-state index is 0.260. The molecule has 9 nitrogen and oxygen atoms in total. The van der Waals surface area contributed by atoms with Gasteiger partial charge in [0.05, 0.1) is 29.6 Å². The van der Waals surface area contributed by atoms with Gasteiger partial charge in [0.15, 0.2) is 0 Å². The van der Waals surface area contributed by atoms with Gasteiger partial charge in [-0.2, -0.15) is 13.2 Å². The first-order valence-corrected chi connectivity index (χ1v) is 13.5. The molecule has 0 bridgehead atoms. The van der Waals surface area contributed by atoms with Gasteiger partial charge in [0.2, 0.25) is 0 Å². The van der Waals surface area contributed by atoms with E-state index in [0.29, 0.717) is 57.0 Å². The van der Waals surface area contributed by atoms with Gasteiger partial charge in [-0.05, 0) is 48.9 Å². The van der Waals surface area contributed by atoms with Crippen molar-refractivity contribution in [3.63, 3.8) is 0 Å². The Balaban J connectivity index is 1.51. The molecule has 3 aromatic carbocycles. The van der Waals surface area contributed by atoms with E-state index in [1.165, 1.54) is 24.3 Å². The molecule has 3 amide bonds. The average molecular weight is 586 g/mol. The Bertz CT molecular complexity index is 1380. The third kappa shape index (κ3) is 7.64. The summed E-state index contributed by atoms with van der Waals surface area (Å²) in [5, 5.41) is 7.70. The molecule has 0 aromatic heterocycles. The van der Waals surface area contributed by atoms with Gasteiger partial charge in [0, 0.05) is 57.8 Å². The fourth-order valence-corrected chi connectivity index (χ4v) is 4.79. The van der Waals surface area contributed by atoms with Crippen molar-refractivity contribution in [2.75, 3.05) is 74.0 Å². The molecule has 3 N–H and O–H groups in total. The monoisotopic (exact) mass is 585 g/mol. The Labute approximate surface area is 242 Å². The highest BCUT2D eigenvalue weighted by molar-refractivity contribution is 6.04. The SMILES string of the molecule is COCCCNC(=O)c1cc(NC(=O)Nc2ccccc2C(F)(F)F)ccc1N1CCN(c2ccccc2OC)CC1. The maximum absolute atomic E-state index is 13.4. The number of piperazine rings is 1.